The number of hydrogen-bond donors (Lipinski definition) is 1. The van der Waals surface area contributed by atoms with E-state index < -0.39 is 0 Å². The molecule has 0 unspecified atom stereocenters. The second-order valence-corrected chi connectivity index (χ2v) is 7.77. The van der Waals surface area contributed by atoms with E-state index in [1.807, 2.05) is 31.2 Å². The van der Waals surface area contributed by atoms with Crippen LogP contribution in [0.4, 0.5) is 5.69 Å². The van der Waals surface area contributed by atoms with Gasteiger partial charge in [-0.25, -0.2) is 4.68 Å². The molecular weight excluding hydrogens is 436 g/mol. The highest BCUT2D eigenvalue weighted by molar-refractivity contribution is 9.10. The molecule has 2 aromatic carbocycles. The second kappa shape index (κ2) is 8.57. The summed E-state index contributed by atoms with van der Waals surface area (Å²) in [7, 11) is 1.52. The molecule has 0 aliphatic rings. The lowest BCUT2D eigenvalue weighted by atomic mass is 10.1. The van der Waals surface area contributed by atoms with Gasteiger partial charge in [0.1, 0.15) is 6.54 Å². The summed E-state index contributed by atoms with van der Waals surface area (Å²) in [5.74, 6) is -0.696. The van der Waals surface area contributed by atoms with Crippen molar-refractivity contribution in [2.75, 3.05) is 18.9 Å². The van der Waals surface area contributed by atoms with Crippen molar-refractivity contribution < 1.29 is 9.59 Å². The van der Waals surface area contributed by atoms with E-state index in [-0.39, 0.29) is 30.5 Å². The molecule has 29 heavy (non-hydrogen) atoms. The Morgan fingerprint density at radius 3 is 2.52 bits per heavy atom. The van der Waals surface area contributed by atoms with Crippen molar-refractivity contribution in [1.29, 1.82) is 0 Å². The predicted molar refractivity (Wildman–Crippen MR) is 116 cm³/mol. The Labute approximate surface area is 176 Å². The third-order valence-electron chi connectivity index (χ3n) is 4.61. The van der Waals surface area contributed by atoms with Crippen LogP contribution >= 0.6 is 15.9 Å². The molecule has 8 heteroatoms. The van der Waals surface area contributed by atoms with Crippen LogP contribution < -0.4 is 10.9 Å². The maximum absolute atomic E-state index is 12.6. The molecule has 0 radical (unpaired) electrons. The van der Waals surface area contributed by atoms with Gasteiger partial charge in [0.05, 0.1) is 17.6 Å². The zero-order chi connectivity index (χ0) is 21.1. The first-order valence-electron chi connectivity index (χ1n) is 9.02. The van der Waals surface area contributed by atoms with Crippen LogP contribution in [0.1, 0.15) is 11.3 Å². The summed E-state index contributed by atoms with van der Waals surface area (Å²) in [6.45, 7) is 3.32. The normalized spacial score (nSPS) is 10.8. The summed E-state index contributed by atoms with van der Waals surface area (Å²) < 4.78 is 2.07. The zero-order valence-electron chi connectivity index (χ0n) is 16.4. The molecule has 0 atom stereocenters. The number of aryl methyl sites for hydroxylation is 2. The fourth-order valence-corrected chi connectivity index (χ4v) is 3.50. The van der Waals surface area contributed by atoms with Gasteiger partial charge in [-0.05, 0) is 43.7 Å². The van der Waals surface area contributed by atoms with Gasteiger partial charge in [0.2, 0.25) is 11.8 Å². The Balaban J connectivity index is 1.69. The largest absolute Gasteiger partial charge is 0.335 e. The van der Waals surface area contributed by atoms with Gasteiger partial charge in [-0.1, -0.05) is 34.1 Å². The van der Waals surface area contributed by atoms with E-state index in [1.165, 1.54) is 11.9 Å². The van der Waals surface area contributed by atoms with Crippen molar-refractivity contribution in [3.63, 3.8) is 0 Å². The number of halogens is 1. The van der Waals surface area contributed by atoms with E-state index in [4.69, 9.17) is 0 Å². The van der Waals surface area contributed by atoms with Crippen LogP contribution in [0.25, 0.3) is 10.8 Å². The minimum Gasteiger partial charge on any atom is -0.335 e. The van der Waals surface area contributed by atoms with Crippen molar-refractivity contribution >= 4 is 44.2 Å². The van der Waals surface area contributed by atoms with Crippen LogP contribution in [0.3, 0.4) is 0 Å². The number of aromatic nitrogens is 2. The lowest BCUT2D eigenvalue weighted by Crippen LogP contribution is -2.39. The number of fused-ring (bicyclic) bond motifs is 1. The van der Waals surface area contributed by atoms with Crippen LogP contribution in [0.15, 0.2) is 51.7 Å². The minimum atomic E-state index is -0.378. The van der Waals surface area contributed by atoms with Gasteiger partial charge >= 0.3 is 0 Å². The van der Waals surface area contributed by atoms with Gasteiger partial charge in [0, 0.05) is 22.6 Å². The van der Waals surface area contributed by atoms with Crippen LogP contribution in [0.2, 0.25) is 0 Å². The topological polar surface area (TPSA) is 84.3 Å². The Morgan fingerprint density at radius 1 is 1.14 bits per heavy atom. The number of rotatable bonds is 5. The van der Waals surface area contributed by atoms with Crippen LogP contribution in [0, 0.1) is 13.8 Å². The Morgan fingerprint density at radius 2 is 1.83 bits per heavy atom. The van der Waals surface area contributed by atoms with Crippen molar-refractivity contribution in [1.82, 2.24) is 14.7 Å². The highest BCUT2D eigenvalue weighted by Gasteiger charge is 2.17. The van der Waals surface area contributed by atoms with Crippen molar-refractivity contribution in [2.24, 2.45) is 0 Å². The number of hydrogen-bond acceptors (Lipinski definition) is 4. The van der Waals surface area contributed by atoms with Gasteiger partial charge in [-0.2, -0.15) is 5.10 Å². The van der Waals surface area contributed by atoms with E-state index in [0.29, 0.717) is 16.8 Å². The summed E-state index contributed by atoms with van der Waals surface area (Å²) in [4.78, 5) is 38.8. The molecule has 3 aromatic rings. The quantitative estimate of drug-likeness (QED) is 0.639. The van der Waals surface area contributed by atoms with E-state index in [9.17, 15) is 14.4 Å². The first-order valence-corrected chi connectivity index (χ1v) is 9.82. The maximum atomic E-state index is 12.6. The summed E-state index contributed by atoms with van der Waals surface area (Å²) in [6.07, 6.45) is 0. The third kappa shape index (κ3) is 4.71. The van der Waals surface area contributed by atoms with E-state index >= 15 is 0 Å². The zero-order valence-corrected chi connectivity index (χ0v) is 18.0. The molecule has 0 aliphatic heterocycles. The van der Waals surface area contributed by atoms with E-state index in [2.05, 4.69) is 26.3 Å². The molecule has 2 amide bonds. The van der Waals surface area contributed by atoms with Crippen LogP contribution in [0.5, 0.6) is 0 Å². The minimum absolute atomic E-state index is 0.129. The number of anilines is 1. The lowest BCUT2D eigenvalue weighted by molar-refractivity contribution is -0.134. The second-order valence-electron chi connectivity index (χ2n) is 6.85. The van der Waals surface area contributed by atoms with Gasteiger partial charge < -0.3 is 10.2 Å². The molecule has 0 saturated heterocycles. The van der Waals surface area contributed by atoms with Gasteiger partial charge in [-0.3, -0.25) is 14.4 Å². The fraction of sp³-hybridized carbons (Fsp3) is 0.238. The number of benzene rings is 2. The molecule has 0 bridgehead atoms. The van der Waals surface area contributed by atoms with Gasteiger partial charge in [0.25, 0.3) is 5.56 Å². The molecule has 1 heterocycles. The Kier molecular flexibility index (Phi) is 6.12. The number of amides is 2. The van der Waals surface area contributed by atoms with E-state index in [0.717, 1.165) is 20.1 Å². The number of nitrogens with zero attached hydrogens (tertiary/aromatic N) is 3. The number of likely N-dealkylation sites (N-methyl/N-ethyl adjacent to an activating group) is 1. The standard InChI is InChI=1S/C21H21BrN4O3/c1-13-10-15(22)8-9-18(13)23-19(27)11-25(3)20(28)12-26-21(29)17-7-5-4-6-16(17)14(2)24-26/h4-10H,11-12H2,1-3H3,(H,23,27). The lowest BCUT2D eigenvalue weighted by Gasteiger charge is -2.18. The van der Waals surface area contributed by atoms with Crippen molar-refractivity contribution in [3.05, 3.63) is 68.5 Å². The first-order chi connectivity index (χ1) is 13.8. The smallest absolute Gasteiger partial charge is 0.275 e. The number of carbonyl (C=O) groups excluding carboxylic acids is 2. The van der Waals surface area contributed by atoms with Crippen LogP contribution in [-0.4, -0.2) is 40.1 Å². The molecule has 3 rings (SSSR count). The summed E-state index contributed by atoms with van der Waals surface area (Å²) >= 11 is 3.38. The molecule has 1 N–H and O–H groups in total. The molecule has 7 nitrogen and oxygen atoms in total. The molecule has 150 valence electrons. The SMILES string of the molecule is Cc1cc(Br)ccc1NC(=O)CN(C)C(=O)Cn1nc(C)c2ccccc2c1=O. The maximum Gasteiger partial charge on any atom is 0.275 e. The molecule has 0 saturated carbocycles. The highest BCUT2D eigenvalue weighted by atomic mass is 79.9. The Bertz CT molecular complexity index is 1160. The van der Waals surface area contributed by atoms with Crippen molar-refractivity contribution in [3.8, 4) is 0 Å². The third-order valence-corrected chi connectivity index (χ3v) is 5.10. The summed E-state index contributed by atoms with van der Waals surface area (Å²) in [5.41, 5.74) is 1.92. The highest BCUT2D eigenvalue weighted by Crippen LogP contribution is 2.20. The summed E-state index contributed by atoms with van der Waals surface area (Å²) in [5, 5.41) is 8.31. The van der Waals surface area contributed by atoms with Crippen molar-refractivity contribution in [2.45, 2.75) is 20.4 Å². The predicted octanol–water partition coefficient (Wildman–Crippen LogP) is 2.87. The molecule has 1 aromatic heterocycles. The summed E-state index contributed by atoms with van der Waals surface area (Å²) in [6, 6.07) is 12.7. The van der Waals surface area contributed by atoms with Gasteiger partial charge in [0.15, 0.2) is 0 Å². The Hall–Kier alpha value is -3.00. The molecule has 0 aliphatic carbocycles. The van der Waals surface area contributed by atoms with Crippen LogP contribution in [-0.2, 0) is 16.1 Å². The first kappa shape index (κ1) is 20.7. The molecule has 0 fully saturated rings. The average Bonchev–Trinajstić information content (AvgIpc) is 2.68. The molecule has 0 spiro atoms. The number of carbonyl (C=O) groups is 2. The molecular formula is C21H21BrN4O3. The monoisotopic (exact) mass is 456 g/mol. The van der Waals surface area contributed by atoms with E-state index in [1.54, 1.807) is 25.1 Å². The number of nitrogens with one attached hydrogen (secondary N) is 1. The van der Waals surface area contributed by atoms with Gasteiger partial charge in [-0.15, -0.1) is 0 Å². The fourth-order valence-electron chi connectivity index (χ4n) is 3.02. The average molecular weight is 457 g/mol.